The average Bonchev–Trinajstić information content (AvgIpc) is 2.93. The maximum atomic E-state index is 12.2. The van der Waals surface area contributed by atoms with Gasteiger partial charge in [-0.25, -0.2) is 4.79 Å². The molecule has 9 nitrogen and oxygen atoms in total. The summed E-state index contributed by atoms with van der Waals surface area (Å²) in [5.41, 5.74) is -0.744. The maximum absolute atomic E-state index is 12.2. The molecule has 1 atom stereocenters. The fraction of sp³-hybridized carbons (Fsp3) is 0.842. The van der Waals surface area contributed by atoms with Crippen molar-refractivity contribution in [2.45, 2.75) is 44.7 Å². The molecule has 3 aliphatic rings. The van der Waals surface area contributed by atoms with Crippen LogP contribution in [-0.2, 0) is 9.53 Å². The minimum Gasteiger partial charge on any atom is -0.378 e. The highest BCUT2D eigenvalue weighted by Crippen LogP contribution is 2.30. The highest BCUT2D eigenvalue weighted by Gasteiger charge is 2.48. The molecule has 0 aromatic rings. The molecule has 0 spiro atoms. The van der Waals surface area contributed by atoms with Crippen molar-refractivity contribution in [1.29, 1.82) is 0 Å². The number of hydrogen-bond acceptors (Lipinski definition) is 5. The van der Waals surface area contributed by atoms with E-state index in [2.05, 4.69) is 44.6 Å². The number of carbonyl (C=O) groups is 2. The lowest BCUT2D eigenvalue weighted by Gasteiger charge is -2.42. The van der Waals surface area contributed by atoms with Gasteiger partial charge in [0.25, 0.3) is 5.91 Å². The van der Waals surface area contributed by atoms with Crippen molar-refractivity contribution in [3.8, 4) is 0 Å². The fourth-order valence-electron chi connectivity index (χ4n) is 4.45. The molecule has 3 saturated heterocycles. The molecule has 3 aliphatic heterocycles. The molecule has 0 aliphatic carbocycles. The minimum atomic E-state index is -0.804. The molecule has 0 aromatic carbocycles. The monoisotopic (exact) mass is 394 g/mol. The summed E-state index contributed by atoms with van der Waals surface area (Å²) in [6.45, 7) is 12.1. The Morgan fingerprint density at radius 2 is 1.96 bits per heavy atom. The summed E-state index contributed by atoms with van der Waals surface area (Å²) in [6, 6.07) is -0.390. The number of ether oxygens (including phenoxy) is 1. The SMILES string of the molecule is CN=C(NCCN1CCOCC1(C)C)N1CCC(C2(C)NC(=O)NC2=O)CC1. The van der Waals surface area contributed by atoms with Crippen molar-refractivity contribution >= 4 is 17.9 Å². The van der Waals surface area contributed by atoms with Crippen LogP contribution in [0.3, 0.4) is 0 Å². The Kier molecular flexibility index (Phi) is 6.14. The van der Waals surface area contributed by atoms with Crippen LogP contribution in [0.4, 0.5) is 4.79 Å². The number of amides is 3. The van der Waals surface area contributed by atoms with E-state index in [1.165, 1.54) is 0 Å². The van der Waals surface area contributed by atoms with Gasteiger partial charge >= 0.3 is 6.03 Å². The van der Waals surface area contributed by atoms with E-state index >= 15 is 0 Å². The van der Waals surface area contributed by atoms with E-state index in [-0.39, 0.29) is 17.4 Å². The predicted octanol–water partition coefficient (Wildman–Crippen LogP) is -0.0173. The van der Waals surface area contributed by atoms with Gasteiger partial charge in [0.05, 0.1) is 13.2 Å². The van der Waals surface area contributed by atoms with Crippen LogP contribution >= 0.6 is 0 Å². The number of morpholine rings is 1. The molecule has 0 aromatic heterocycles. The zero-order valence-electron chi connectivity index (χ0n) is 17.5. The van der Waals surface area contributed by atoms with Crippen molar-refractivity contribution in [3.63, 3.8) is 0 Å². The lowest BCUT2D eigenvalue weighted by molar-refractivity contribution is -0.125. The minimum absolute atomic E-state index is 0.0591. The van der Waals surface area contributed by atoms with Crippen molar-refractivity contribution < 1.29 is 14.3 Å². The van der Waals surface area contributed by atoms with Gasteiger partial charge in [-0.3, -0.25) is 20.0 Å². The van der Waals surface area contributed by atoms with E-state index in [0.717, 1.165) is 64.7 Å². The van der Waals surface area contributed by atoms with E-state index in [9.17, 15) is 9.59 Å². The quantitative estimate of drug-likeness (QED) is 0.352. The molecule has 3 amide bonds. The van der Waals surface area contributed by atoms with Gasteiger partial charge in [0, 0.05) is 45.3 Å². The molecule has 3 fully saturated rings. The standard InChI is InChI=1S/C19H34N6O3/c1-18(2)13-28-12-11-25(18)10-7-21-16(20-4)24-8-5-14(6-9-24)19(3)15(26)22-17(27)23-19/h14H,5-13H2,1-4H3,(H,20,21)(H2,22,23,26,27). The third kappa shape index (κ3) is 4.25. The van der Waals surface area contributed by atoms with Crippen molar-refractivity contribution in [3.05, 3.63) is 0 Å². The molecule has 158 valence electrons. The van der Waals surface area contributed by atoms with Gasteiger partial charge in [0.1, 0.15) is 5.54 Å². The molecule has 3 rings (SSSR count). The third-order valence-corrected chi connectivity index (χ3v) is 6.38. The number of hydrogen-bond donors (Lipinski definition) is 3. The Bertz CT molecular complexity index is 629. The van der Waals surface area contributed by atoms with Crippen molar-refractivity contribution in [2.75, 3.05) is 53.0 Å². The average molecular weight is 395 g/mol. The molecule has 3 N–H and O–H groups in total. The van der Waals surface area contributed by atoms with Crippen LogP contribution in [0.2, 0.25) is 0 Å². The number of carbonyl (C=O) groups excluding carboxylic acids is 2. The molecule has 3 heterocycles. The zero-order chi connectivity index (χ0) is 20.4. The van der Waals surface area contributed by atoms with Crippen molar-refractivity contribution in [2.24, 2.45) is 10.9 Å². The van der Waals surface area contributed by atoms with Gasteiger partial charge in [0.15, 0.2) is 5.96 Å². The highest BCUT2D eigenvalue weighted by atomic mass is 16.5. The molecule has 28 heavy (non-hydrogen) atoms. The zero-order valence-corrected chi connectivity index (χ0v) is 17.5. The number of imide groups is 1. The predicted molar refractivity (Wildman–Crippen MR) is 107 cm³/mol. The molecular weight excluding hydrogens is 360 g/mol. The second kappa shape index (κ2) is 8.24. The van der Waals surface area contributed by atoms with Gasteiger partial charge < -0.3 is 20.3 Å². The first kappa shape index (κ1) is 20.9. The number of aliphatic imine (C=N–C) groups is 1. The first-order chi connectivity index (χ1) is 13.3. The Morgan fingerprint density at radius 3 is 2.54 bits per heavy atom. The van der Waals surface area contributed by atoms with E-state index in [1.54, 1.807) is 7.05 Å². The summed E-state index contributed by atoms with van der Waals surface area (Å²) >= 11 is 0. The van der Waals surface area contributed by atoms with Gasteiger partial charge in [-0.2, -0.15) is 0 Å². The van der Waals surface area contributed by atoms with Gasteiger partial charge in [0.2, 0.25) is 0 Å². The van der Waals surface area contributed by atoms with Crippen LogP contribution in [0.1, 0.15) is 33.6 Å². The third-order valence-electron chi connectivity index (χ3n) is 6.38. The van der Waals surface area contributed by atoms with Crippen LogP contribution in [0.25, 0.3) is 0 Å². The Labute approximate surface area is 167 Å². The van der Waals surface area contributed by atoms with E-state index in [1.807, 2.05) is 6.92 Å². The number of piperidine rings is 1. The fourth-order valence-corrected chi connectivity index (χ4v) is 4.45. The van der Waals surface area contributed by atoms with Crippen LogP contribution in [0.15, 0.2) is 4.99 Å². The van der Waals surface area contributed by atoms with Crippen molar-refractivity contribution in [1.82, 2.24) is 25.8 Å². The first-order valence-electron chi connectivity index (χ1n) is 10.2. The molecule has 0 saturated carbocycles. The lowest BCUT2D eigenvalue weighted by atomic mass is 9.79. The van der Waals surface area contributed by atoms with E-state index in [4.69, 9.17) is 4.74 Å². The summed E-state index contributed by atoms with van der Waals surface area (Å²) in [4.78, 5) is 32.8. The molecule has 0 radical (unpaired) electrons. The van der Waals surface area contributed by atoms with Crippen LogP contribution in [-0.4, -0.2) is 91.8 Å². The highest BCUT2D eigenvalue weighted by molar-refractivity contribution is 6.07. The van der Waals surface area contributed by atoms with Crippen LogP contribution in [0.5, 0.6) is 0 Å². The van der Waals surface area contributed by atoms with E-state index < -0.39 is 11.6 Å². The summed E-state index contributed by atoms with van der Waals surface area (Å²) < 4.78 is 5.58. The normalized spacial score (nSPS) is 29.6. The second-order valence-corrected chi connectivity index (χ2v) is 8.70. The number of nitrogens with one attached hydrogen (secondary N) is 3. The number of nitrogens with zero attached hydrogens (tertiary/aromatic N) is 3. The second-order valence-electron chi connectivity index (χ2n) is 8.70. The lowest BCUT2D eigenvalue weighted by Crippen LogP contribution is -2.57. The Hall–Kier alpha value is -1.87. The largest absolute Gasteiger partial charge is 0.378 e. The van der Waals surface area contributed by atoms with Gasteiger partial charge in [-0.1, -0.05) is 0 Å². The molecular formula is C19H34N6O3. The number of rotatable bonds is 4. The maximum Gasteiger partial charge on any atom is 0.322 e. The Balaban J connectivity index is 1.47. The number of urea groups is 1. The summed E-state index contributed by atoms with van der Waals surface area (Å²) in [5, 5.41) is 8.65. The molecule has 1 unspecified atom stereocenters. The van der Waals surface area contributed by atoms with Gasteiger partial charge in [-0.15, -0.1) is 0 Å². The number of guanidine groups is 1. The number of likely N-dealkylation sites (tertiary alicyclic amines) is 1. The topological polar surface area (TPSA) is 98.3 Å². The van der Waals surface area contributed by atoms with E-state index in [0.29, 0.717) is 0 Å². The molecule has 9 heteroatoms. The summed E-state index contributed by atoms with van der Waals surface area (Å²) in [6.07, 6.45) is 1.67. The smallest absolute Gasteiger partial charge is 0.322 e. The van der Waals surface area contributed by atoms with Gasteiger partial charge in [-0.05, 0) is 39.5 Å². The first-order valence-corrected chi connectivity index (χ1v) is 10.2. The Morgan fingerprint density at radius 1 is 1.25 bits per heavy atom. The summed E-state index contributed by atoms with van der Waals surface area (Å²) in [7, 11) is 1.80. The van der Waals surface area contributed by atoms with Crippen LogP contribution < -0.4 is 16.0 Å². The van der Waals surface area contributed by atoms with Crippen LogP contribution in [0, 0.1) is 5.92 Å². The summed E-state index contributed by atoms with van der Waals surface area (Å²) in [5.74, 6) is 0.809. The molecule has 0 bridgehead atoms.